The van der Waals surface area contributed by atoms with E-state index in [9.17, 15) is 9.18 Å². The van der Waals surface area contributed by atoms with E-state index in [1.54, 1.807) is 23.9 Å². The van der Waals surface area contributed by atoms with E-state index in [0.29, 0.717) is 30.4 Å². The summed E-state index contributed by atoms with van der Waals surface area (Å²) in [6.07, 6.45) is 6.02. The predicted octanol–water partition coefficient (Wildman–Crippen LogP) is 4.70. The molecule has 2 heterocycles. The second kappa shape index (κ2) is 10.7. The van der Waals surface area contributed by atoms with Gasteiger partial charge in [-0.1, -0.05) is 11.6 Å². The largest absolute Gasteiger partial charge is 0.497 e. The van der Waals surface area contributed by atoms with Crippen LogP contribution in [0.2, 0.25) is 0 Å². The molecule has 0 unspecified atom stereocenters. The van der Waals surface area contributed by atoms with Crippen LogP contribution in [0.25, 0.3) is 17.1 Å². The number of halogens is 1. The summed E-state index contributed by atoms with van der Waals surface area (Å²) in [5, 5.41) is 11.6. The first kappa shape index (κ1) is 23.7. The van der Waals surface area contributed by atoms with E-state index in [2.05, 4.69) is 20.6 Å². The number of aromatic nitrogens is 4. The van der Waals surface area contributed by atoms with Gasteiger partial charge >= 0.3 is 0 Å². The SMILES string of the molecule is COc1ccc(-c2noc(CCCCCNC(=O)c3nn(-c4ccc(F)cc4)c4c3CCC4)n2)cc1. The van der Waals surface area contributed by atoms with Crippen molar-refractivity contribution in [1.29, 1.82) is 0 Å². The number of aryl methyl sites for hydroxylation is 1. The van der Waals surface area contributed by atoms with Crippen molar-refractivity contribution in [3.63, 3.8) is 0 Å². The van der Waals surface area contributed by atoms with Crippen LogP contribution in [-0.2, 0) is 19.3 Å². The van der Waals surface area contributed by atoms with Crippen molar-refractivity contribution >= 4 is 5.91 Å². The number of nitrogens with zero attached hydrogens (tertiary/aromatic N) is 4. The predicted molar refractivity (Wildman–Crippen MR) is 132 cm³/mol. The smallest absolute Gasteiger partial charge is 0.272 e. The van der Waals surface area contributed by atoms with E-state index >= 15 is 0 Å². The van der Waals surface area contributed by atoms with Crippen molar-refractivity contribution in [2.45, 2.75) is 44.9 Å². The third-order valence-corrected chi connectivity index (χ3v) is 6.39. The molecular formula is C27H28FN5O3. The van der Waals surface area contributed by atoms with E-state index in [1.807, 2.05) is 24.3 Å². The van der Waals surface area contributed by atoms with Gasteiger partial charge in [0.15, 0.2) is 5.69 Å². The van der Waals surface area contributed by atoms with Gasteiger partial charge in [0.2, 0.25) is 11.7 Å². The molecule has 186 valence electrons. The molecule has 1 aliphatic carbocycles. The number of rotatable bonds is 10. The van der Waals surface area contributed by atoms with Gasteiger partial charge in [-0.25, -0.2) is 9.07 Å². The highest BCUT2D eigenvalue weighted by Gasteiger charge is 2.26. The average molecular weight is 490 g/mol. The highest BCUT2D eigenvalue weighted by Crippen LogP contribution is 2.28. The van der Waals surface area contributed by atoms with E-state index in [-0.39, 0.29) is 11.7 Å². The molecule has 1 N–H and O–H groups in total. The zero-order valence-electron chi connectivity index (χ0n) is 20.2. The third-order valence-electron chi connectivity index (χ3n) is 6.39. The van der Waals surface area contributed by atoms with Crippen LogP contribution in [0, 0.1) is 5.82 Å². The number of ether oxygens (including phenoxy) is 1. The fourth-order valence-corrected chi connectivity index (χ4v) is 4.49. The molecular weight excluding hydrogens is 461 g/mol. The summed E-state index contributed by atoms with van der Waals surface area (Å²) in [5.41, 5.74) is 4.16. The van der Waals surface area contributed by atoms with Crippen molar-refractivity contribution in [2.75, 3.05) is 13.7 Å². The lowest BCUT2D eigenvalue weighted by atomic mass is 10.1. The van der Waals surface area contributed by atoms with E-state index in [0.717, 1.165) is 66.8 Å². The summed E-state index contributed by atoms with van der Waals surface area (Å²) in [4.78, 5) is 17.3. The number of hydrogen-bond donors (Lipinski definition) is 1. The molecule has 9 heteroatoms. The highest BCUT2D eigenvalue weighted by atomic mass is 19.1. The van der Waals surface area contributed by atoms with Gasteiger partial charge in [-0.05, 0) is 80.6 Å². The number of carbonyl (C=O) groups is 1. The number of carbonyl (C=O) groups excluding carboxylic acids is 1. The second-order valence-electron chi connectivity index (χ2n) is 8.82. The van der Waals surface area contributed by atoms with Crippen molar-refractivity contribution in [3.05, 3.63) is 77.2 Å². The van der Waals surface area contributed by atoms with Gasteiger partial charge < -0.3 is 14.6 Å². The third kappa shape index (κ3) is 5.15. The molecule has 2 aromatic carbocycles. The fourth-order valence-electron chi connectivity index (χ4n) is 4.49. The number of unbranched alkanes of at least 4 members (excludes halogenated alkanes) is 2. The standard InChI is InChI=1S/C27H28FN5O3/c1-35-21-15-9-18(10-16-21)26-30-24(36-32-26)8-3-2-4-17-29-27(34)25-22-6-5-7-23(22)33(31-25)20-13-11-19(28)12-14-20/h9-16H,2-8,17H2,1H3,(H,29,34). The first-order valence-electron chi connectivity index (χ1n) is 12.2. The van der Waals surface area contributed by atoms with Gasteiger partial charge in [0, 0.05) is 29.8 Å². The van der Waals surface area contributed by atoms with Crippen LogP contribution in [0.1, 0.15) is 53.3 Å². The van der Waals surface area contributed by atoms with Gasteiger partial charge in [-0.3, -0.25) is 4.79 Å². The molecule has 0 spiro atoms. The summed E-state index contributed by atoms with van der Waals surface area (Å²) in [5.74, 6) is 1.49. The quantitative estimate of drug-likeness (QED) is 0.325. The first-order chi connectivity index (χ1) is 17.6. The average Bonchev–Trinajstić information content (AvgIpc) is 3.64. The fraction of sp³-hybridized carbons (Fsp3) is 0.333. The van der Waals surface area contributed by atoms with Crippen molar-refractivity contribution in [3.8, 4) is 22.8 Å². The van der Waals surface area contributed by atoms with Crippen molar-refractivity contribution in [2.24, 2.45) is 0 Å². The molecule has 0 radical (unpaired) electrons. The summed E-state index contributed by atoms with van der Waals surface area (Å²) in [7, 11) is 1.63. The maximum Gasteiger partial charge on any atom is 0.272 e. The molecule has 1 aliphatic rings. The Morgan fingerprint density at radius 1 is 1.08 bits per heavy atom. The molecule has 8 nitrogen and oxygen atoms in total. The monoisotopic (exact) mass is 489 g/mol. The molecule has 1 amide bonds. The number of hydrogen-bond acceptors (Lipinski definition) is 6. The highest BCUT2D eigenvalue weighted by molar-refractivity contribution is 5.94. The van der Waals surface area contributed by atoms with Crippen LogP contribution in [0.3, 0.4) is 0 Å². The number of benzene rings is 2. The van der Waals surface area contributed by atoms with Gasteiger partial charge in [-0.15, -0.1) is 0 Å². The van der Waals surface area contributed by atoms with Gasteiger partial charge in [-0.2, -0.15) is 10.1 Å². The van der Waals surface area contributed by atoms with Crippen LogP contribution >= 0.6 is 0 Å². The Kier molecular flexibility index (Phi) is 7.06. The van der Waals surface area contributed by atoms with Crippen LogP contribution in [0.4, 0.5) is 4.39 Å². The molecule has 0 fully saturated rings. The number of nitrogens with one attached hydrogen (secondary N) is 1. The maximum absolute atomic E-state index is 13.3. The van der Waals surface area contributed by atoms with E-state index in [4.69, 9.17) is 9.26 Å². The lowest BCUT2D eigenvalue weighted by Gasteiger charge is -2.05. The van der Waals surface area contributed by atoms with E-state index in [1.165, 1.54) is 12.1 Å². The van der Waals surface area contributed by atoms with Crippen molar-refractivity contribution in [1.82, 2.24) is 25.2 Å². The molecule has 0 atom stereocenters. The van der Waals surface area contributed by atoms with Crippen LogP contribution in [0.5, 0.6) is 5.75 Å². The molecule has 36 heavy (non-hydrogen) atoms. The minimum atomic E-state index is -0.294. The Morgan fingerprint density at radius 2 is 1.89 bits per heavy atom. The minimum Gasteiger partial charge on any atom is -0.497 e. The van der Waals surface area contributed by atoms with Crippen molar-refractivity contribution < 1.29 is 18.4 Å². The van der Waals surface area contributed by atoms with Crippen LogP contribution in [-0.4, -0.2) is 39.5 Å². The molecule has 2 aromatic heterocycles. The number of methoxy groups -OCH3 is 1. The van der Waals surface area contributed by atoms with E-state index < -0.39 is 0 Å². The second-order valence-corrected chi connectivity index (χ2v) is 8.82. The molecule has 0 aliphatic heterocycles. The van der Waals surface area contributed by atoms with Gasteiger partial charge in [0.05, 0.1) is 12.8 Å². The molecule has 5 rings (SSSR count). The molecule has 0 saturated carbocycles. The number of fused-ring (bicyclic) bond motifs is 1. The molecule has 0 bridgehead atoms. The number of amides is 1. The summed E-state index contributed by atoms with van der Waals surface area (Å²) in [6.45, 7) is 0.567. The van der Waals surface area contributed by atoms with Gasteiger partial charge in [0.1, 0.15) is 11.6 Å². The minimum absolute atomic E-state index is 0.157. The Bertz CT molecular complexity index is 1330. The normalized spacial score (nSPS) is 12.5. The zero-order valence-corrected chi connectivity index (χ0v) is 20.2. The zero-order chi connectivity index (χ0) is 24.9. The lowest BCUT2D eigenvalue weighted by Crippen LogP contribution is -2.26. The molecule has 4 aromatic rings. The Balaban J connectivity index is 1.09. The Morgan fingerprint density at radius 3 is 2.67 bits per heavy atom. The first-order valence-corrected chi connectivity index (χ1v) is 12.2. The Hall–Kier alpha value is -4.01. The summed E-state index contributed by atoms with van der Waals surface area (Å²) >= 11 is 0. The summed E-state index contributed by atoms with van der Waals surface area (Å²) in [6, 6.07) is 13.7. The lowest BCUT2D eigenvalue weighted by molar-refractivity contribution is 0.0946. The summed E-state index contributed by atoms with van der Waals surface area (Å²) < 4.78 is 25.6. The van der Waals surface area contributed by atoms with Gasteiger partial charge in [0.25, 0.3) is 5.91 Å². The topological polar surface area (TPSA) is 95.1 Å². The molecule has 0 saturated heterocycles. The maximum atomic E-state index is 13.3. The van der Waals surface area contributed by atoms with Crippen LogP contribution < -0.4 is 10.1 Å². The Labute approximate surface area is 208 Å². The van der Waals surface area contributed by atoms with Crippen LogP contribution in [0.15, 0.2) is 53.1 Å².